The minimum absolute atomic E-state index is 0.0241. The fourth-order valence-electron chi connectivity index (χ4n) is 3.83. The first-order valence-corrected chi connectivity index (χ1v) is 11.6. The van der Waals surface area contributed by atoms with Gasteiger partial charge in [0.25, 0.3) is 0 Å². The molecule has 1 unspecified atom stereocenters. The summed E-state index contributed by atoms with van der Waals surface area (Å²) in [6.45, 7) is 3.28. The number of benzene rings is 3. The molecule has 1 amide bonds. The van der Waals surface area contributed by atoms with Gasteiger partial charge in [-0.05, 0) is 43.2 Å². The second-order valence-electron chi connectivity index (χ2n) is 8.29. The van der Waals surface area contributed by atoms with Crippen molar-refractivity contribution in [3.8, 4) is 33.9 Å². The number of aromatic hydroxyl groups is 2. The highest BCUT2D eigenvalue weighted by atomic mass is 35.5. The molecule has 10 heteroatoms. The van der Waals surface area contributed by atoms with Crippen LogP contribution < -0.4 is 5.32 Å². The molecule has 0 aliphatic heterocycles. The number of nitrogens with one attached hydrogen (secondary N) is 1. The van der Waals surface area contributed by atoms with Crippen molar-refractivity contribution in [2.24, 2.45) is 0 Å². The van der Waals surface area contributed by atoms with E-state index >= 15 is 0 Å². The summed E-state index contributed by atoms with van der Waals surface area (Å²) in [5, 5.41) is 37.4. The lowest BCUT2D eigenvalue weighted by Gasteiger charge is -2.16. The monoisotopic (exact) mass is 522 g/mol. The number of anilines is 1. The molecular formula is C27H23ClN2O7. The highest BCUT2D eigenvalue weighted by Gasteiger charge is 2.24. The van der Waals surface area contributed by atoms with Crippen LogP contribution in [-0.2, 0) is 16.0 Å². The van der Waals surface area contributed by atoms with Crippen LogP contribution in [0.25, 0.3) is 22.5 Å². The fraction of sp³-hybridized carbons (Fsp3) is 0.148. The van der Waals surface area contributed by atoms with Gasteiger partial charge in [-0.3, -0.25) is 10.1 Å². The molecule has 0 radical (unpaired) electrons. The third-order valence-electron chi connectivity index (χ3n) is 5.73. The van der Waals surface area contributed by atoms with Crippen molar-refractivity contribution < 1.29 is 34.2 Å². The van der Waals surface area contributed by atoms with Gasteiger partial charge < -0.3 is 24.6 Å². The van der Waals surface area contributed by atoms with E-state index in [1.165, 1.54) is 6.07 Å². The Labute approximate surface area is 216 Å². The summed E-state index contributed by atoms with van der Waals surface area (Å²) < 4.78 is 10.8. The molecule has 4 N–H and O–H groups in total. The second-order valence-corrected chi connectivity index (χ2v) is 8.70. The van der Waals surface area contributed by atoms with E-state index in [-0.39, 0.29) is 23.4 Å². The summed E-state index contributed by atoms with van der Waals surface area (Å²) in [5.74, 6) is -1.83. The number of carbonyl (C=O) groups excluding carboxylic acids is 1. The quantitative estimate of drug-likeness (QED) is 0.206. The predicted molar refractivity (Wildman–Crippen MR) is 137 cm³/mol. The van der Waals surface area contributed by atoms with E-state index in [9.17, 15) is 19.8 Å². The molecule has 0 bridgehead atoms. The number of nitrogens with zero attached hydrogens (tertiary/aromatic N) is 1. The van der Waals surface area contributed by atoms with E-state index in [4.69, 9.17) is 26.0 Å². The minimum atomic E-state index is -0.952. The van der Waals surface area contributed by atoms with Crippen molar-refractivity contribution >= 4 is 29.4 Å². The SMILES string of the molecule is Cc1noc(-c2ccc(-c3ccc(CC(=O)O)cc3)c(O)c2O)c1NC(=O)OC(C)c1ccccc1Cl. The van der Waals surface area contributed by atoms with Crippen LogP contribution in [0, 0.1) is 6.92 Å². The van der Waals surface area contributed by atoms with E-state index in [1.54, 1.807) is 68.4 Å². The molecule has 0 aliphatic rings. The summed E-state index contributed by atoms with van der Waals surface area (Å²) >= 11 is 6.18. The second kappa shape index (κ2) is 10.6. The van der Waals surface area contributed by atoms with Crippen LogP contribution in [0.15, 0.2) is 65.2 Å². The maximum atomic E-state index is 12.6. The number of halogens is 1. The molecule has 190 valence electrons. The lowest BCUT2D eigenvalue weighted by Crippen LogP contribution is -2.17. The molecule has 0 aliphatic carbocycles. The number of aryl methyl sites for hydroxylation is 1. The lowest BCUT2D eigenvalue weighted by molar-refractivity contribution is -0.136. The Hall–Kier alpha value is -4.50. The minimum Gasteiger partial charge on any atom is -0.504 e. The van der Waals surface area contributed by atoms with E-state index < -0.39 is 29.7 Å². The largest absolute Gasteiger partial charge is 0.504 e. The number of hydrogen-bond acceptors (Lipinski definition) is 7. The van der Waals surface area contributed by atoms with Crippen LogP contribution >= 0.6 is 11.6 Å². The maximum absolute atomic E-state index is 12.6. The highest BCUT2D eigenvalue weighted by Crippen LogP contribution is 2.45. The smallest absolute Gasteiger partial charge is 0.412 e. The predicted octanol–water partition coefficient (Wildman–Crippen LogP) is 6.32. The van der Waals surface area contributed by atoms with Gasteiger partial charge in [-0.25, -0.2) is 4.79 Å². The normalized spacial score (nSPS) is 11.6. The number of amides is 1. The lowest BCUT2D eigenvalue weighted by atomic mass is 9.98. The van der Waals surface area contributed by atoms with Gasteiger partial charge in [0.05, 0.1) is 12.0 Å². The van der Waals surface area contributed by atoms with Gasteiger partial charge >= 0.3 is 12.1 Å². The summed E-state index contributed by atoms with van der Waals surface area (Å²) in [4.78, 5) is 23.5. The number of rotatable bonds is 7. The number of carboxylic acids is 1. The number of aliphatic carboxylic acids is 1. The summed E-state index contributed by atoms with van der Waals surface area (Å²) in [5.41, 5.74) is 2.71. The number of carbonyl (C=O) groups is 2. The average Bonchev–Trinajstić information content (AvgIpc) is 3.20. The van der Waals surface area contributed by atoms with Crippen LogP contribution in [0.1, 0.15) is 29.8 Å². The Bertz CT molecular complexity index is 1460. The zero-order chi connectivity index (χ0) is 26.7. The van der Waals surface area contributed by atoms with Crippen molar-refractivity contribution in [3.63, 3.8) is 0 Å². The summed E-state index contributed by atoms with van der Waals surface area (Å²) in [6, 6.07) is 16.6. The molecule has 0 saturated heterocycles. The molecule has 1 heterocycles. The van der Waals surface area contributed by atoms with Crippen LogP contribution in [0.4, 0.5) is 10.5 Å². The fourth-order valence-corrected chi connectivity index (χ4v) is 4.12. The Kier molecular flexibility index (Phi) is 7.35. The number of ether oxygens (including phenoxy) is 1. The molecule has 9 nitrogen and oxygen atoms in total. The van der Waals surface area contributed by atoms with Crippen molar-refractivity contribution in [3.05, 3.63) is 82.5 Å². The first-order chi connectivity index (χ1) is 17.7. The molecule has 3 aromatic carbocycles. The van der Waals surface area contributed by atoms with Crippen molar-refractivity contribution in [2.75, 3.05) is 5.32 Å². The van der Waals surface area contributed by atoms with Gasteiger partial charge in [-0.2, -0.15) is 0 Å². The molecule has 37 heavy (non-hydrogen) atoms. The van der Waals surface area contributed by atoms with E-state index in [0.717, 1.165) is 0 Å². The number of phenols is 2. The van der Waals surface area contributed by atoms with Crippen molar-refractivity contribution in [2.45, 2.75) is 26.4 Å². The third-order valence-corrected chi connectivity index (χ3v) is 6.08. The number of hydrogen-bond donors (Lipinski definition) is 4. The van der Waals surface area contributed by atoms with E-state index in [1.807, 2.05) is 0 Å². The maximum Gasteiger partial charge on any atom is 0.412 e. The number of aromatic nitrogens is 1. The van der Waals surface area contributed by atoms with Crippen molar-refractivity contribution in [1.29, 1.82) is 0 Å². The Balaban J connectivity index is 1.58. The first kappa shape index (κ1) is 25.6. The molecule has 0 fully saturated rings. The molecule has 4 aromatic rings. The number of phenolic OH excluding ortho intramolecular Hbond substituents is 2. The molecule has 4 rings (SSSR count). The van der Waals surface area contributed by atoms with Gasteiger partial charge in [0.15, 0.2) is 17.3 Å². The summed E-state index contributed by atoms with van der Waals surface area (Å²) in [6.07, 6.45) is -1.56. The standard InChI is InChI=1S/C27H23ClN2O7/c1-14-23(29-27(35)36-15(2)18-5-3-4-6-21(18)28)26(37-30-14)20-12-11-19(24(33)25(20)34)17-9-7-16(8-10-17)13-22(31)32/h3-12,15,33-34H,13H2,1-2H3,(H,29,35)(H,31,32). The van der Waals surface area contributed by atoms with Gasteiger partial charge in [-0.1, -0.05) is 59.2 Å². The number of carboxylic acid groups (broad SMARTS) is 1. The van der Waals surface area contributed by atoms with Crippen LogP contribution in [0.2, 0.25) is 5.02 Å². The van der Waals surface area contributed by atoms with Crippen molar-refractivity contribution in [1.82, 2.24) is 5.16 Å². The Morgan fingerprint density at radius 3 is 2.35 bits per heavy atom. The molecular weight excluding hydrogens is 500 g/mol. The van der Waals surface area contributed by atoms with Crippen LogP contribution in [0.5, 0.6) is 11.5 Å². The average molecular weight is 523 g/mol. The van der Waals surface area contributed by atoms with Gasteiger partial charge in [0, 0.05) is 16.1 Å². The molecule has 1 atom stereocenters. The summed E-state index contributed by atoms with van der Waals surface area (Å²) in [7, 11) is 0. The Morgan fingerprint density at radius 1 is 1.03 bits per heavy atom. The zero-order valence-electron chi connectivity index (χ0n) is 19.9. The van der Waals surface area contributed by atoms with E-state index in [2.05, 4.69) is 10.5 Å². The topological polar surface area (TPSA) is 142 Å². The van der Waals surface area contributed by atoms with Gasteiger partial charge in [-0.15, -0.1) is 0 Å². The van der Waals surface area contributed by atoms with Gasteiger partial charge in [0.2, 0.25) is 0 Å². The zero-order valence-corrected chi connectivity index (χ0v) is 20.6. The van der Waals surface area contributed by atoms with E-state index in [0.29, 0.717) is 33.0 Å². The molecule has 1 aromatic heterocycles. The highest BCUT2D eigenvalue weighted by molar-refractivity contribution is 6.31. The van der Waals surface area contributed by atoms with Gasteiger partial charge in [0.1, 0.15) is 17.5 Å². The molecule has 0 saturated carbocycles. The Morgan fingerprint density at radius 2 is 1.68 bits per heavy atom. The first-order valence-electron chi connectivity index (χ1n) is 11.2. The van der Waals surface area contributed by atoms with Crippen LogP contribution in [0.3, 0.4) is 0 Å². The van der Waals surface area contributed by atoms with Crippen LogP contribution in [-0.4, -0.2) is 32.5 Å². The molecule has 0 spiro atoms. The third kappa shape index (κ3) is 5.52.